The van der Waals surface area contributed by atoms with Crippen LogP contribution in [0, 0.1) is 0 Å². The lowest BCUT2D eigenvalue weighted by molar-refractivity contribution is 0.0158. The van der Waals surface area contributed by atoms with Gasteiger partial charge in [-0.2, -0.15) is 0 Å². The zero-order chi connectivity index (χ0) is 17.2. The zero-order valence-corrected chi connectivity index (χ0v) is 14.1. The lowest BCUT2D eigenvalue weighted by Gasteiger charge is -2.40. The second-order valence-electron chi connectivity index (χ2n) is 6.79. The molecule has 8 heteroatoms. The zero-order valence-electron chi connectivity index (χ0n) is 14.1. The number of carbonyl (C=O) groups excluding carboxylic acids is 1. The Morgan fingerprint density at radius 1 is 1.35 bits per heavy atom. The Morgan fingerprint density at radius 2 is 2.04 bits per heavy atom. The minimum absolute atomic E-state index is 0.00325. The number of pyridine rings is 1. The second-order valence-corrected chi connectivity index (χ2v) is 6.79. The van der Waals surface area contributed by atoms with Gasteiger partial charge in [-0.15, -0.1) is 0 Å². The third kappa shape index (κ3) is 4.59. The summed E-state index contributed by atoms with van der Waals surface area (Å²) < 4.78 is 5.43. The number of ether oxygens (including phenoxy) is 1. The number of carbonyl (C=O) groups is 1. The molecule has 1 saturated heterocycles. The molecule has 0 unspecified atom stereocenters. The van der Waals surface area contributed by atoms with Gasteiger partial charge in [0.15, 0.2) is 0 Å². The predicted octanol–water partition coefficient (Wildman–Crippen LogP) is 0.207. The molecule has 0 aliphatic carbocycles. The van der Waals surface area contributed by atoms with Crippen molar-refractivity contribution < 1.29 is 19.6 Å². The van der Waals surface area contributed by atoms with Crippen molar-refractivity contribution in [2.75, 3.05) is 24.5 Å². The maximum atomic E-state index is 12.2. The van der Waals surface area contributed by atoms with Crippen molar-refractivity contribution in [2.45, 2.75) is 39.3 Å². The molecular weight excluding hydrogens is 297 g/mol. The van der Waals surface area contributed by atoms with Crippen LogP contribution in [0.3, 0.4) is 0 Å². The lowest BCUT2D eigenvalue weighted by Crippen LogP contribution is -2.55. The topological polar surface area (TPSA) is 86.1 Å². The molecule has 0 radical (unpaired) electrons. The molecule has 7 nitrogen and oxygen atoms in total. The van der Waals surface area contributed by atoms with Gasteiger partial charge < -0.3 is 24.6 Å². The average molecular weight is 321 g/mol. The number of piperazine rings is 1. The van der Waals surface area contributed by atoms with Crippen LogP contribution in [0.2, 0.25) is 0 Å². The van der Waals surface area contributed by atoms with Gasteiger partial charge in [-0.3, -0.25) is 0 Å². The summed E-state index contributed by atoms with van der Waals surface area (Å²) in [5.74, 6) is 0.755. The van der Waals surface area contributed by atoms with Gasteiger partial charge >= 0.3 is 13.2 Å². The summed E-state index contributed by atoms with van der Waals surface area (Å²) in [6.45, 7) is 9.39. The van der Waals surface area contributed by atoms with Crippen LogP contribution >= 0.6 is 0 Å². The highest BCUT2D eigenvalue weighted by Crippen LogP contribution is 2.19. The molecule has 126 valence electrons. The Labute approximate surface area is 137 Å². The maximum Gasteiger partial charge on any atom is 0.490 e. The monoisotopic (exact) mass is 321 g/mol. The molecule has 0 aromatic carbocycles. The third-order valence-corrected chi connectivity index (χ3v) is 3.65. The fraction of sp³-hybridized carbons (Fsp3) is 0.600. The van der Waals surface area contributed by atoms with Crippen LogP contribution in [-0.2, 0) is 4.74 Å². The summed E-state index contributed by atoms with van der Waals surface area (Å²) in [5, 5.41) is 18.2. The van der Waals surface area contributed by atoms with E-state index in [4.69, 9.17) is 14.8 Å². The number of hydrogen-bond acceptors (Lipinski definition) is 6. The SMILES string of the molecule is C[C@H]1CN(c2ccc(B(O)O)cn2)CCN1C(=O)OC(C)(C)C. The normalized spacial score (nSPS) is 18.8. The van der Waals surface area contributed by atoms with Crippen LogP contribution in [0.15, 0.2) is 18.3 Å². The van der Waals surface area contributed by atoms with Gasteiger partial charge in [0.2, 0.25) is 0 Å². The first-order chi connectivity index (χ1) is 10.7. The van der Waals surface area contributed by atoms with Crippen molar-refractivity contribution >= 4 is 24.5 Å². The standard InChI is InChI=1S/C15H24BN3O4/c1-11-10-18(13-6-5-12(9-17-13)16(21)22)7-8-19(11)14(20)23-15(2,3)4/h5-6,9,11,21-22H,7-8,10H2,1-4H3/t11-/m0/s1. The fourth-order valence-electron chi connectivity index (χ4n) is 2.49. The Morgan fingerprint density at radius 3 is 2.52 bits per heavy atom. The quantitative estimate of drug-likeness (QED) is 0.757. The summed E-state index contributed by atoms with van der Waals surface area (Å²) in [6, 6.07) is 3.39. The van der Waals surface area contributed by atoms with E-state index in [0.717, 1.165) is 5.82 Å². The van der Waals surface area contributed by atoms with Gasteiger partial charge in [0.25, 0.3) is 0 Å². The minimum Gasteiger partial charge on any atom is -0.444 e. The van der Waals surface area contributed by atoms with Crippen LogP contribution in [0.5, 0.6) is 0 Å². The molecule has 23 heavy (non-hydrogen) atoms. The highest BCUT2D eigenvalue weighted by atomic mass is 16.6. The molecule has 2 rings (SSSR count). The van der Waals surface area contributed by atoms with Gasteiger partial charge in [-0.05, 0) is 33.8 Å². The molecule has 1 aliphatic rings. The van der Waals surface area contributed by atoms with E-state index in [1.54, 1.807) is 17.0 Å². The Balaban J connectivity index is 1.99. The highest BCUT2D eigenvalue weighted by Gasteiger charge is 2.31. The van der Waals surface area contributed by atoms with Crippen molar-refractivity contribution in [1.82, 2.24) is 9.88 Å². The van der Waals surface area contributed by atoms with E-state index < -0.39 is 12.7 Å². The first kappa shape index (κ1) is 17.6. The van der Waals surface area contributed by atoms with E-state index in [1.807, 2.05) is 27.7 Å². The number of nitrogens with zero attached hydrogens (tertiary/aromatic N) is 3. The van der Waals surface area contributed by atoms with Gasteiger partial charge in [0.05, 0.1) is 0 Å². The smallest absolute Gasteiger partial charge is 0.444 e. The average Bonchev–Trinajstić information content (AvgIpc) is 2.45. The molecule has 1 atom stereocenters. The molecule has 1 amide bonds. The van der Waals surface area contributed by atoms with E-state index in [0.29, 0.717) is 25.1 Å². The van der Waals surface area contributed by atoms with Crippen molar-refractivity contribution in [3.63, 3.8) is 0 Å². The first-order valence-corrected chi connectivity index (χ1v) is 7.74. The van der Waals surface area contributed by atoms with E-state index in [1.165, 1.54) is 6.20 Å². The van der Waals surface area contributed by atoms with Gasteiger partial charge in [-0.25, -0.2) is 9.78 Å². The van der Waals surface area contributed by atoms with Crippen LogP contribution in [0.4, 0.5) is 10.6 Å². The number of anilines is 1. The van der Waals surface area contributed by atoms with E-state index in [2.05, 4.69) is 9.88 Å². The summed E-state index contributed by atoms with van der Waals surface area (Å²) in [5.41, 5.74) is -0.148. The van der Waals surface area contributed by atoms with Crippen molar-refractivity contribution in [3.8, 4) is 0 Å². The second kappa shape index (κ2) is 6.76. The van der Waals surface area contributed by atoms with E-state index in [9.17, 15) is 4.79 Å². The summed E-state index contributed by atoms with van der Waals surface area (Å²) in [7, 11) is -1.51. The molecule has 0 bridgehead atoms. The van der Waals surface area contributed by atoms with Crippen LogP contribution in [-0.4, -0.2) is 64.4 Å². The molecule has 1 aromatic heterocycles. The number of aromatic nitrogens is 1. The molecule has 2 heterocycles. The van der Waals surface area contributed by atoms with Crippen molar-refractivity contribution in [2.24, 2.45) is 0 Å². The van der Waals surface area contributed by atoms with Crippen LogP contribution in [0.25, 0.3) is 0 Å². The number of rotatable bonds is 2. The van der Waals surface area contributed by atoms with Crippen LogP contribution < -0.4 is 10.4 Å². The molecule has 2 N–H and O–H groups in total. The summed E-state index contributed by atoms with van der Waals surface area (Å²) in [4.78, 5) is 20.3. The maximum absolute atomic E-state index is 12.2. The fourth-order valence-corrected chi connectivity index (χ4v) is 2.49. The summed E-state index contributed by atoms with van der Waals surface area (Å²) >= 11 is 0. The van der Waals surface area contributed by atoms with Crippen LogP contribution in [0.1, 0.15) is 27.7 Å². The molecule has 0 spiro atoms. The Bertz CT molecular complexity index is 545. The molecule has 0 saturated carbocycles. The Kier molecular flexibility index (Phi) is 5.16. The molecular formula is C15H24BN3O4. The third-order valence-electron chi connectivity index (χ3n) is 3.65. The number of hydrogen-bond donors (Lipinski definition) is 2. The summed E-state index contributed by atoms with van der Waals surface area (Å²) in [6.07, 6.45) is 1.15. The van der Waals surface area contributed by atoms with E-state index >= 15 is 0 Å². The molecule has 1 aliphatic heterocycles. The number of amides is 1. The van der Waals surface area contributed by atoms with Crippen molar-refractivity contribution in [3.05, 3.63) is 18.3 Å². The largest absolute Gasteiger partial charge is 0.490 e. The van der Waals surface area contributed by atoms with E-state index in [-0.39, 0.29) is 12.1 Å². The van der Waals surface area contributed by atoms with Gasteiger partial charge in [-0.1, -0.05) is 6.07 Å². The first-order valence-electron chi connectivity index (χ1n) is 7.74. The van der Waals surface area contributed by atoms with Gasteiger partial charge in [0, 0.05) is 37.3 Å². The molecule has 1 aromatic rings. The van der Waals surface area contributed by atoms with Gasteiger partial charge in [0.1, 0.15) is 11.4 Å². The molecule has 1 fully saturated rings. The lowest BCUT2D eigenvalue weighted by atomic mass is 9.82. The predicted molar refractivity (Wildman–Crippen MR) is 88.7 cm³/mol. The highest BCUT2D eigenvalue weighted by molar-refractivity contribution is 6.58. The Hall–Kier alpha value is -1.80. The minimum atomic E-state index is -1.51. The van der Waals surface area contributed by atoms with Crippen molar-refractivity contribution in [1.29, 1.82) is 0 Å².